The van der Waals surface area contributed by atoms with Crippen molar-refractivity contribution in [2.24, 2.45) is 5.92 Å². The maximum Gasteiger partial charge on any atom is 0.318 e. The Balaban J connectivity index is 1.36. The molecule has 6 nitrogen and oxygen atoms in total. The molecule has 4 rings (SSSR count). The van der Waals surface area contributed by atoms with Gasteiger partial charge in [-0.1, -0.05) is 30.3 Å². The first kappa shape index (κ1) is 17.9. The molecule has 27 heavy (non-hydrogen) atoms. The minimum absolute atomic E-state index is 0.0332. The third-order valence-corrected chi connectivity index (χ3v) is 5.38. The molecule has 0 aliphatic carbocycles. The van der Waals surface area contributed by atoms with Crippen molar-refractivity contribution >= 4 is 6.03 Å². The van der Waals surface area contributed by atoms with E-state index in [1.165, 1.54) is 0 Å². The lowest BCUT2D eigenvalue weighted by atomic mass is 9.96. The van der Waals surface area contributed by atoms with Gasteiger partial charge in [-0.05, 0) is 36.3 Å². The molecule has 0 spiro atoms. The number of urea groups is 1. The molecule has 2 aromatic rings. The summed E-state index contributed by atoms with van der Waals surface area (Å²) in [6.45, 7) is 3.48. The Kier molecular flexibility index (Phi) is 5.63. The number of amides is 2. The summed E-state index contributed by atoms with van der Waals surface area (Å²) < 4.78 is 5.43. The van der Waals surface area contributed by atoms with E-state index in [0.717, 1.165) is 61.5 Å². The Labute approximate surface area is 160 Å². The van der Waals surface area contributed by atoms with Gasteiger partial charge in [0.15, 0.2) is 0 Å². The average molecular weight is 366 g/mol. The van der Waals surface area contributed by atoms with Gasteiger partial charge in [-0.3, -0.25) is 0 Å². The maximum atomic E-state index is 12.5. The van der Waals surface area contributed by atoms with Crippen LogP contribution in [0.4, 0.5) is 4.79 Å². The predicted octanol–water partition coefficient (Wildman–Crippen LogP) is 2.71. The van der Waals surface area contributed by atoms with Crippen LogP contribution in [0.25, 0.3) is 0 Å². The van der Waals surface area contributed by atoms with Crippen molar-refractivity contribution in [1.82, 2.24) is 20.2 Å². The molecule has 1 fully saturated rings. The number of rotatable bonds is 4. The van der Waals surface area contributed by atoms with Crippen molar-refractivity contribution in [2.45, 2.75) is 38.8 Å². The van der Waals surface area contributed by atoms with Gasteiger partial charge in [-0.25, -0.2) is 14.8 Å². The predicted molar refractivity (Wildman–Crippen MR) is 102 cm³/mol. The third-order valence-electron chi connectivity index (χ3n) is 5.38. The van der Waals surface area contributed by atoms with Crippen LogP contribution in [0.3, 0.4) is 0 Å². The van der Waals surface area contributed by atoms with Gasteiger partial charge in [0.05, 0.1) is 12.2 Å². The van der Waals surface area contributed by atoms with Crippen LogP contribution in [0, 0.1) is 5.92 Å². The van der Waals surface area contributed by atoms with E-state index in [-0.39, 0.29) is 6.03 Å². The molecule has 0 unspecified atom stereocenters. The van der Waals surface area contributed by atoms with Crippen molar-refractivity contribution in [3.05, 3.63) is 59.2 Å². The van der Waals surface area contributed by atoms with Crippen LogP contribution >= 0.6 is 0 Å². The summed E-state index contributed by atoms with van der Waals surface area (Å²) in [4.78, 5) is 23.7. The van der Waals surface area contributed by atoms with Gasteiger partial charge in [0.25, 0.3) is 0 Å². The van der Waals surface area contributed by atoms with Crippen LogP contribution in [0.1, 0.15) is 35.5 Å². The van der Waals surface area contributed by atoms with E-state index >= 15 is 0 Å². The lowest BCUT2D eigenvalue weighted by Crippen LogP contribution is -2.42. The molecule has 0 radical (unpaired) electrons. The van der Waals surface area contributed by atoms with Crippen molar-refractivity contribution in [3.63, 3.8) is 0 Å². The summed E-state index contributed by atoms with van der Waals surface area (Å²) in [6.07, 6.45) is 5.82. The molecule has 2 aliphatic heterocycles. The first-order chi connectivity index (χ1) is 13.3. The zero-order chi connectivity index (χ0) is 18.5. The van der Waals surface area contributed by atoms with Gasteiger partial charge in [0.2, 0.25) is 0 Å². The second kappa shape index (κ2) is 8.48. The van der Waals surface area contributed by atoms with Crippen molar-refractivity contribution < 1.29 is 9.53 Å². The molecule has 1 saturated heterocycles. The van der Waals surface area contributed by atoms with Crippen LogP contribution in [-0.2, 0) is 30.7 Å². The molecule has 1 aromatic heterocycles. The van der Waals surface area contributed by atoms with E-state index in [1.807, 2.05) is 41.4 Å². The van der Waals surface area contributed by atoms with E-state index in [0.29, 0.717) is 25.6 Å². The van der Waals surface area contributed by atoms with Gasteiger partial charge in [0.1, 0.15) is 5.82 Å². The van der Waals surface area contributed by atoms with E-state index in [4.69, 9.17) is 9.72 Å². The molecule has 2 amide bonds. The van der Waals surface area contributed by atoms with Gasteiger partial charge in [-0.15, -0.1) is 0 Å². The Morgan fingerprint density at radius 2 is 2.04 bits per heavy atom. The molecule has 142 valence electrons. The number of ether oxygens (including phenoxy) is 1. The van der Waals surface area contributed by atoms with Gasteiger partial charge in [-0.2, -0.15) is 0 Å². The smallest absolute Gasteiger partial charge is 0.318 e. The van der Waals surface area contributed by atoms with Crippen LogP contribution in [-0.4, -0.2) is 40.7 Å². The maximum absolute atomic E-state index is 12.5. The lowest BCUT2D eigenvalue weighted by molar-refractivity contribution is 0.0659. The summed E-state index contributed by atoms with van der Waals surface area (Å²) in [5, 5.41) is 3.01. The van der Waals surface area contributed by atoms with Crippen LogP contribution in [0.5, 0.6) is 0 Å². The number of benzene rings is 1. The number of carbonyl (C=O) groups is 1. The second-order valence-corrected chi connectivity index (χ2v) is 7.33. The molecular weight excluding hydrogens is 340 g/mol. The van der Waals surface area contributed by atoms with Crippen LogP contribution < -0.4 is 5.32 Å². The molecule has 0 saturated carbocycles. The van der Waals surface area contributed by atoms with Crippen molar-refractivity contribution in [1.29, 1.82) is 0 Å². The Morgan fingerprint density at radius 3 is 2.85 bits per heavy atom. The van der Waals surface area contributed by atoms with E-state index < -0.39 is 0 Å². The topological polar surface area (TPSA) is 67.4 Å². The number of fused-ring (bicyclic) bond motifs is 1. The van der Waals surface area contributed by atoms with Gasteiger partial charge in [0, 0.05) is 38.9 Å². The zero-order valence-electron chi connectivity index (χ0n) is 15.6. The summed E-state index contributed by atoms with van der Waals surface area (Å²) in [5.74, 6) is 1.50. The highest BCUT2D eigenvalue weighted by molar-refractivity contribution is 5.74. The minimum atomic E-state index is -0.0332. The first-order valence-corrected chi connectivity index (χ1v) is 9.76. The molecule has 2 aliphatic rings. The highest BCUT2D eigenvalue weighted by Crippen LogP contribution is 2.21. The lowest BCUT2D eigenvalue weighted by Gasteiger charge is -2.28. The van der Waals surface area contributed by atoms with E-state index in [2.05, 4.69) is 10.3 Å². The first-order valence-electron chi connectivity index (χ1n) is 9.76. The quantitative estimate of drug-likeness (QED) is 0.903. The monoisotopic (exact) mass is 366 g/mol. The molecule has 0 atom stereocenters. The highest BCUT2D eigenvalue weighted by atomic mass is 16.5. The van der Waals surface area contributed by atoms with Crippen LogP contribution in [0.15, 0.2) is 36.5 Å². The number of hydrogen-bond acceptors (Lipinski definition) is 4. The van der Waals surface area contributed by atoms with E-state index in [1.54, 1.807) is 0 Å². The minimum Gasteiger partial charge on any atom is -0.381 e. The largest absolute Gasteiger partial charge is 0.381 e. The fraction of sp³-hybridized carbons (Fsp3) is 0.476. The fourth-order valence-electron chi connectivity index (χ4n) is 3.71. The van der Waals surface area contributed by atoms with Crippen molar-refractivity contribution in [2.75, 3.05) is 19.8 Å². The Morgan fingerprint density at radius 1 is 1.22 bits per heavy atom. The SMILES string of the molecule is O=C(NCc1ccccc1)N1CCc2cnc(CC3CCOCC3)nc2C1. The Bertz CT molecular complexity index is 775. The Hall–Kier alpha value is -2.47. The van der Waals surface area contributed by atoms with Gasteiger partial charge < -0.3 is 15.0 Å². The summed E-state index contributed by atoms with van der Waals surface area (Å²) in [6, 6.07) is 9.94. The summed E-state index contributed by atoms with van der Waals surface area (Å²) in [5.41, 5.74) is 3.26. The third kappa shape index (κ3) is 4.63. The standard InChI is InChI=1S/C21H26N4O2/c26-21(23-13-17-4-2-1-3-5-17)25-9-6-18-14-22-20(24-19(18)15-25)12-16-7-10-27-11-8-16/h1-5,14,16H,6-13,15H2,(H,23,26). The number of hydrogen-bond donors (Lipinski definition) is 1. The number of aromatic nitrogens is 2. The molecule has 6 heteroatoms. The molecule has 0 bridgehead atoms. The molecular formula is C21H26N4O2. The number of carbonyl (C=O) groups excluding carboxylic acids is 1. The van der Waals surface area contributed by atoms with E-state index in [9.17, 15) is 4.79 Å². The van der Waals surface area contributed by atoms with Crippen LogP contribution in [0.2, 0.25) is 0 Å². The highest BCUT2D eigenvalue weighted by Gasteiger charge is 2.23. The van der Waals surface area contributed by atoms with Gasteiger partial charge >= 0.3 is 6.03 Å². The number of nitrogens with one attached hydrogen (secondary N) is 1. The zero-order valence-corrected chi connectivity index (χ0v) is 15.6. The number of nitrogens with zero attached hydrogens (tertiary/aromatic N) is 3. The second-order valence-electron chi connectivity index (χ2n) is 7.33. The average Bonchev–Trinajstić information content (AvgIpc) is 2.73. The molecule has 1 N–H and O–H groups in total. The summed E-state index contributed by atoms with van der Waals surface area (Å²) >= 11 is 0. The summed E-state index contributed by atoms with van der Waals surface area (Å²) in [7, 11) is 0. The van der Waals surface area contributed by atoms with Crippen molar-refractivity contribution in [3.8, 4) is 0 Å². The normalized spacial score (nSPS) is 17.4. The fourth-order valence-corrected chi connectivity index (χ4v) is 3.71. The molecule has 1 aromatic carbocycles. The molecule has 3 heterocycles.